The van der Waals surface area contributed by atoms with Crippen LogP contribution in [0.15, 0.2) is 6.20 Å². The SMILES string of the molecule is CC(C)c1cnc(CCl)nc1Cl. The quantitative estimate of drug-likeness (QED) is 0.547. The minimum atomic E-state index is 0.304. The summed E-state index contributed by atoms with van der Waals surface area (Å²) >= 11 is 11.4. The van der Waals surface area contributed by atoms with Gasteiger partial charge < -0.3 is 0 Å². The van der Waals surface area contributed by atoms with Gasteiger partial charge in [0.15, 0.2) is 0 Å². The lowest BCUT2D eigenvalue weighted by atomic mass is 10.1. The van der Waals surface area contributed by atoms with Gasteiger partial charge in [0.1, 0.15) is 11.0 Å². The van der Waals surface area contributed by atoms with Crippen molar-refractivity contribution in [2.45, 2.75) is 25.6 Å². The molecule has 0 fully saturated rings. The molecule has 0 aliphatic carbocycles. The van der Waals surface area contributed by atoms with Gasteiger partial charge in [-0.05, 0) is 5.92 Å². The van der Waals surface area contributed by atoms with Crippen molar-refractivity contribution in [2.75, 3.05) is 0 Å². The Balaban J connectivity index is 3.03. The molecule has 0 amide bonds. The second-order valence-electron chi connectivity index (χ2n) is 2.82. The highest BCUT2D eigenvalue weighted by Gasteiger charge is 2.07. The first-order valence-corrected chi connectivity index (χ1v) is 4.63. The molecule has 2 nitrogen and oxygen atoms in total. The highest BCUT2D eigenvalue weighted by molar-refractivity contribution is 6.30. The van der Waals surface area contributed by atoms with Crippen LogP contribution in [0.3, 0.4) is 0 Å². The maximum Gasteiger partial charge on any atom is 0.144 e. The number of hydrogen-bond acceptors (Lipinski definition) is 2. The van der Waals surface area contributed by atoms with Crippen LogP contribution < -0.4 is 0 Å². The van der Waals surface area contributed by atoms with E-state index in [4.69, 9.17) is 23.2 Å². The summed E-state index contributed by atoms with van der Waals surface area (Å²) in [5, 5.41) is 0.510. The summed E-state index contributed by atoms with van der Waals surface area (Å²) in [4.78, 5) is 8.09. The van der Waals surface area contributed by atoms with E-state index >= 15 is 0 Å². The molecule has 0 saturated carbocycles. The summed E-state index contributed by atoms with van der Waals surface area (Å²) in [5.74, 6) is 1.23. The van der Waals surface area contributed by atoms with Crippen molar-refractivity contribution in [1.82, 2.24) is 9.97 Å². The first-order valence-electron chi connectivity index (χ1n) is 3.72. The molecule has 1 rings (SSSR count). The van der Waals surface area contributed by atoms with E-state index in [1.165, 1.54) is 0 Å². The van der Waals surface area contributed by atoms with Gasteiger partial charge in [0, 0.05) is 11.8 Å². The molecule has 66 valence electrons. The molecule has 0 radical (unpaired) electrons. The molecule has 0 aromatic carbocycles. The first-order chi connectivity index (χ1) is 5.65. The third kappa shape index (κ3) is 2.08. The lowest BCUT2D eigenvalue weighted by molar-refractivity contribution is 0.836. The molecule has 0 N–H and O–H groups in total. The molecule has 0 atom stereocenters. The smallest absolute Gasteiger partial charge is 0.144 e. The maximum atomic E-state index is 5.89. The van der Waals surface area contributed by atoms with Crippen molar-refractivity contribution in [3.8, 4) is 0 Å². The Morgan fingerprint density at radius 2 is 2.17 bits per heavy atom. The van der Waals surface area contributed by atoms with E-state index in [-0.39, 0.29) is 0 Å². The number of rotatable bonds is 2. The second-order valence-corrected chi connectivity index (χ2v) is 3.45. The lowest BCUT2D eigenvalue weighted by Gasteiger charge is -2.06. The van der Waals surface area contributed by atoms with E-state index in [1.54, 1.807) is 6.20 Å². The van der Waals surface area contributed by atoms with Gasteiger partial charge in [0.05, 0.1) is 5.88 Å². The Morgan fingerprint density at radius 3 is 2.58 bits per heavy atom. The van der Waals surface area contributed by atoms with E-state index in [0.29, 0.717) is 22.8 Å². The van der Waals surface area contributed by atoms with Gasteiger partial charge in [-0.3, -0.25) is 0 Å². The second kappa shape index (κ2) is 4.06. The summed E-state index contributed by atoms with van der Waals surface area (Å²) < 4.78 is 0. The van der Waals surface area contributed by atoms with Crippen LogP contribution in [0, 0.1) is 0 Å². The van der Waals surface area contributed by atoms with Crippen molar-refractivity contribution in [2.24, 2.45) is 0 Å². The average Bonchev–Trinajstić information content (AvgIpc) is 2.03. The van der Waals surface area contributed by atoms with Gasteiger partial charge >= 0.3 is 0 Å². The normalized spacial score (nSPS) is 10.8. The summed E-state index contributed by atoms with van der Waals surface area (Å²) in [7, 11) is 0. The first kappa shape index (κ1) is 9.75. The van der Waals surface area contributed by atoms with Crippen LogP contribution in [0.5, 0.6) is 0 Å². The van der Waals surface area contributed by atoms with Crippen LogP contribution >= 0.6 is 23.2 Å². The van der Waals surface area contributed by atoms with Crippen molar-refractivity contribution >= 4 is 23.2 Å². The van der Waals surface area contributed by atoms with Crippen LogP contribution in [0.25, 0.3) is 0 Å². The van der Waals surface area contributed by atoms with Crippen LogP contribution in [0.2, 0.25) is 5.15 Å². The molecule has 0 saturated heterocycles. The van der Waals surface area contributed by atoms with Crippen molar-refractivity contribution in [3.63, 3.8) is 0 Å². The molecule has 0 aliphatic heterocycles. The third-order valence-electron chi connectivity index (χ3n) is 1.56. The van der Waals surface area contributed by atoms with Crippen LogP contribution in [0.1, 0.15) is 31.2 Å². The van der Waals surface area contributed by atoms with E-state index in [1.807, 2.05) is 13.8 Å². The number of halogens is 2. The predicted molar refractivity (Wildman–Crippen MR) is 50.7 cm³/mol. The van der Waals surface area contributed by atoms with Gasteiger partial charge in [-0.15, -0.1) is 11.6 Å². The summed E-state index contributed by atoms with van der Waals surface area (Å²) in [5.41, 5.74) is 0.963. The zero-order chi connectivity index (χ0) is 9.14. The van der Waals surface area contributed by atoms with Crippen LogP contribution in [-0.2, 0) is 5.88 Å². The van der Waals surface area contributed by atoms with E-state index in [9.17, 15) is 0 Å². The molecule has 1 aromatic rings. The summed E-state index contributed by atoms with van der Waals surface area (Å²) in [6.45, 7) is 4.09. The third-order valence-corrected chi connectivity index (χ3v) is 2.10. The summed E-state index contributed by atoms with van der Waals surface area (Å²) in [6.07, 6.45) is 1.73. The Morgan fingerprint density at radius 1 is 1.50 bits per heavy atom. The standard InChI is InChI=1S/C8H10Cl2N2/c1-5(2)6-4-11-7(3-9)12-8(6)10/h4-5H,3H2,1-2H3. The van der Waals surface area contributed by atoms with E-state index in [0.717, 1.165) is 5.56 Å². The van der Waals surface area contributed by atoms with Gasteiger partial charge in [-0.2, -0.15) is 0 Å². The molecule has 0 spiro atoms. The zero-order valence-electron chi connectivity index (χ0n) is 7.01. The lowest BCUT2D eigenvalue weighted by Crippen LogP contribution is -1.97. The minimum Gasteiger partial charge on any atom is -0.240 e. The fourth-order valence-electron chi connectivity index (χ4n) is 0.856. The Kier molecular flexibility index (Phi) is 3.29. The number of aromatic nitrogens is 2. The number of nitrogens with zero attached hydrogens (tertiary/aromatic N) is 2. The van der Waals surface area contributed by atoms with E-state index in [2.05, 4.69) is 9.97 Å². The summed E-state index contributed by atoms with van der Waals surface area (Å²) in [6, 6.07) is 0. The number of alkyl halides is 1. The molecule has 12 heavy (non-hydrogen) atoms. The Labute approximate surface area is 81.9 Å². The van der Waals surface area contributed by atoms with Gasteiger partial charge in [0.25, 0.3) is 0 Å². The Hall–Kier alpha value is -0.340. The van der Waals surface area contributed by atoms with Crippen molar-refractivity contribution in [3.05, 3.63) is 22.7 Å². The maximum absolute atomic E-state index is 5.89. The largest absolute Gasteiger partial charge is 0.240 e. The highest BCUT2D eigenvalue weighted by atomic mass is 35.5. The van der Waals surface area contributed by atoms with Crippen molar-refractivity contribution in [1.29, 1.82) is 0 Å². The van der Waals surface area contributed by atoms with Crippen molar-refractivity contribution < 1.29 is 0 Å². The predicted octanol–water partition coefficient (Wildman–Crippen LogP) is 2.99. The zero-order valence-corrected chi connectivity index (χ0v) is 8.52. The molecular weight excluding hydrogens is 195 g/mol. The Bertz CT molecular complexity index is 274. The molecule has 1 heterocycles. The highest BCUT2D eigenvalue weighted by Crippen LogP contribution is 2.21. The van der Waals surface area contributed by atoms with Gasteiger partial charge in [-0.1, -0.05) is 25.4 Å². The monoisotopic (exact) mass is 204 g/mol. The fourth-order valence-corrected chi connectivity index (χ4v) is 1.35. The van der Waals surface area contributed by atoms with Gasteiger partial charge in [-0.25, -0.2) is 9.97 Å². The van der Waals surface area contributed by atoms with Crippen LogP contribution in [-0.4, -0.2) is 9.97 Å². The molecule has 0 aliphatic rings. The molecule has 4 heteroatoms. The topological polar surface area (TPSA) is 25.8 Å². The molecule has 0 unspecified atom stereocenters. The fraction of sp³-hybridized carbons (Fsp3) is 0.500. The van der Waals surface area contributed by atoms with Crippen LogP contribution in [0.4, 0.5) is 0 Å². The molecule has 1 aromatic heterocycles. The van der Waals surface area contributed by atoms with Gasteiger partial charge in [0.2, 0.25) is 0 Å². The molecule has 0 bridgehead atoms. The molecular formula is C8H10Cl2N2. The minimum absolute atomic E-state index is 0.304. The van der Waals surface area contributed by atoms with E-state index < -0.39 is 0 Å². The average molecular weight is 205 g/mol. The number of hydrogen-bond donors (Lipinski definition) is 0.